The number of esters is 2. The zero-order valence-corrected chi connectivity index (χ0v) is 58.3. The SMILES string of the molecule is CC/C=C\C/C=C\C/C=C\C/C=C\C/C=C\C/C=C\C/C=C\CCCC(=O)OC(COC(=O)CCCCCCCCCCCCCCCCCCCCCCCCCCCC/C=C\C/C=C\C/C=C\CCCCCCC)COC(OCC[N+](C)(C)C)C(=O)O. The summed E-state index contributed by atoms with van der Waals surface area (Å²) in [7, 11) is 5.95. The Kier molecular flexibility index (Phi) is 66.2. The van der Waals surface area contributed by atoms with Gasteiger partial charge in [0, 0.05) is 12.8 Å². The molecule has 1 N–H and O–H groups in total. The van der Waals surface area contributed by atoms with E-state index in [4.69, 9.17) is 18.9 Å². The fraction of sp³-hybridized carbons (Fsp3) is 0.713. The Balaban J connectivity index is 4.04. The lowest BCUT2D eigenvalue weighted by Crippen LogP contribution is -2.40. The van der Waals surface area contributed by atoms with E-state index in [9.17, 15) is 19.5 Å². The van der Waals surface area contributed by atoms with Crippen LogP contribution in [0.3, 0.4) is 0 Å². The topological polar surface area (TPSA) is 108 Å². The Morgan fingerprint density at radius 1 is 0.348 bits per heavy atom. The predicted octanol–water partition coefficient (Wildman–Crippen LogP) is 23.1. The van der Waals surface area contributed by atoms with Crippen LogP contribution in [0, 0.1) is 0 Å². The molecular weight excluding hydrogens is 1100 g/mol. The van der Waals surface area contributed by atoms with E-state index in [0.717, 1.165) is 77.0 Å². The van der Waals surface area contributed by atoms with E-state index in [1.54, 1.807) is 0 Å². The molecule has 0 aromatic rings. The Morgan fingerprint density at radius 2 is 0.652 bits per heavy atom. The Hall–Kier alpha value is -4.31. The highest BCUT2D eigenvalue weighted by Crippen LogP contribution is 2.18. The van der Waals surface area contributed by atoms with Gasteiger partial charge in [0.2, 0.25) is 0 Å². The van der Waals surface area contributed by atoms with Crippen LogP contribution in [0.15, 0.2) is 122 Å². The lowest BCUT2D eigenvalue weighted by atomic mass is 10.0. The van der Waals surface area contributed by atoms with Gasteiger partial charge in [-0.05, 0) is 103 Å². The van der Waals surface area contributed by atoms with Gasteiger partial charge in [0.1, 0.15) is 13.2 Å². The van der Waals surface area contributed by atoms with Crippen LogP contribution in [-0.4, -0.2) is 87.4 Å². The molecule has 0 radical (unpaired) electrons. The third kappa shape index (κ3) is 71.0. The fourth-order valence-electron chi connectivity index (χ4n) is 10.1. The second-order valence-corrected chi connectivity index (χ2v) is 25.5. The molecule has 0 aliphatic carbocycles. The first kappa shape index (κ1) is 84.7. The van der Waals surface area contributed by atoms with Crippen molar-refractivity contribution in [3.8, 4) is 0 Å². The number of carbonyl (C=O) groups excluding carboxylic acids is 2. The number of likely N-dealkylation sites (N-methyl/N-ethyl adjacent to an activating group) is 1. The molecule has 0 saturated heterocycles. The van der Waals surface area contributed by atoms with Crippen molar-refractivity contribution in [2.45, 2.75) is 322 Å². The normalized spacial score (nSPS) is 13.4. The Bertz CT molecular complexity index is 1880. The monoisotopic (exact) mass is 1240 g/mol. The number of aliphatic carboxylic acids is 1. The maximum atomic E-state index is 12.9. The van der Waals surface area contributed by atoms with Crippen LogP contribution >= 0.6 is 0 Å². The summed E-state index contributed by atoms with van der Waals surface area (Å²) in [6.07, 6.45) is 96.4. The van der Waals surface area contributed by atoms with Gasteiger partial charge in [-0.3, -0.25) is 9.59 Å². The second-order valence-electron chi connectivity index (χ2n) is 25.5. The summed E-state index contributed by atoms with van der Waals surface area (Å²) in [5.41, 5.74) is 0. The molecule has 9 heteroatoms. The van der Waals surface area contributed by atoms with Crippen LogP contribution < -0.4 is 0 Å². The van der Waals surface area contributed by atoms with E-state index >= 15 is 0 Å². The summed E-state index contributed by atoms with van der Waals surface area (Å²) in [6.45, 7) is 4.70. The zero-order chi connectivity index (χ0) is 64.7. The highest BCUT2D eigenvalue weighted by molar-refractivity contribution is 5.71. The van der Waals surface area contributed by atoms with Crippen LogP contribution in [-0.2, 0) is 33.3 Å². The number of carboxylic acids is 1. The van der Waals surface area contributed by atoms with Gasteiger partial charge in [0.25, 0.3) is 6.29 Å². The minimum Gasteiger partial charge on any atom is -0.477 e. The van der Waals surface area contributed by atoms with Crippen LogP contribution in [0.5, 0.6) is 0 Å². The summed E-state index contributed by atoms with van der Waals surface area (Å²) in [4.78, 5) is 37.6. The third-order valence-electron chi connectivity index (χ3n) is 15.7. The molecule has 0 aliphatic heterocycles. The van der Waals surface area contributed by atoms with Gasteiger partial charge in [-0.2, -0.15) is 0 Å². The van der Waals surface area contributed by atoms with Gasteiger partial charge in [0.15, 0.2) is 6.10 Å². The molecule has 0 heterocycles. The van der Waals surface area contributed by atoms with Gasteiger partial charge < -0.3 is 28.5 Å². The zero-order valence-electron chi connectivity index (χ0n) is 58.3. The molecule has 89 heavy (non-hydrogen) atoms. The molecule has 0 rings (SSSR count). The van der Waals surface area contributed by atoms with E-state index in [-0.39, 0.29) is 38.6 Å². The third-order valence-corrected chi connectivity index (χ3v) is 15.7. The number of hydrogen-bond acceptors (Lipinski definition) is 7. The highest BCUT2D eigenvalue weighted by Gasteiger charge is 2.25. The number of nitrogens with zero attached hydrogens (tertiary/aromatic N) is 1. The first-order valence-corrected chi connectivity index (χ1v) is 36.7. The average molecular weight is 1240 g/mol. The standard InChI is InChI=1S/C80H137NO8/c1-6-8-10-12-14-16-18-20-22-24-26-28-30-31-32-33-34-35-36-37-38-39-40-41-42-43-44-45-46-47-49-50-52-54-56-58-60-62-64-66-68-70-77(82)87-74-76(75-88-80(79(84)85)86-73-72-81(3,4)5)89-78(83)71-69-67-65-63-61-59-57-55-53-51-48-29-27-25-23-21-19-17-15-13-11-9-7-2/h9,11,15,17-18,20-21,23-24,26-27,29-31,51,53,57,59,63,65,76,80H,6-8,10,12-14,16,19,22,25,28,32-50,52,54-56,58,60-62,64,66-75H2,1-5H3/p+1/b11-9-,17-15-,20-18-,23-21-,26-24-,29-27-,31-30-,53-51-,59-57-,65-63-. The number of carbonyl (C=O) groups is 3. The van der Waals surface area contributed by atoms with Crippen molar-refractivity contribution in [2.24, 2.45) is 0 Å². The highest BCUT2D eigenvalue weighted by atomic mass is 16.7. The molecule has 2 unspecified atom stereocenters. The van der Waals surface area contributed by atoms with E-state index < -0.39 is 24.3 Å². The molecule has 0 fully saturated rings. The number of ether oxygens (including phenoxy) is 4. The van der Waals surface area contributed by atoms with Gasteiger partial charge in [-0.15, -0.1) is 0 Å². The maximum absolute atomic E-state index is 12.9. The van der Waals surface area contributed by atoms with E-state index in [0.29, 0.717) is 23.9 Å². The van der Waals surface area contributed by atoms with Crippen LogP contribution in [0.1, 0.15) is 309 Å². The van der Waals surface area contributed by atoms with Crippen LogP contribution in [0.25, 0.3) is 0 Å². The minimum absolute atomic E-state index is 0.172. The molecule has 0 aromatic carbocycles. The summed E-state index contributed by atoms with van der Waals surface area (Å²) in [6, 6.07) is 0. The van der Waals surface area contributed by atoms with Crippen LogP contribution in [0.4, 0.5) is 0 Å². The second kappa shape index (κ2) is 69.6. The van der Waals surface area contributed by atoms with E-state index in [1.165, 1.54) is 193 Å². The average Bonchev–Trinajstić information content (AvgIpc) is 3.64. The maximum Gasteiger partial charge on any atom is 0.361 e. The molecule has 0 aromatic heterocycles. The van der Waals surface area contributed by atoms with Crippen molar-refractivity contribution in [1.82, 2.24) is 0 Å². The number of quaternary nitrogens is 1. The number of rotatable bonds is 67. The van der Waals surface area contributed by atoms with Gasteiger partial charge in [0.05, 0.1) is 34.4 Å². The number of carboxylic acid groups (broad SMARTS) is 1. The molecule has 510 valence electrons. The van der Waals surface area contributed by atoms with Crippen molar-refractivity contribution in [3.63, 3.8) is 0 Å². The molecule has 0 amide bonds. The summed E-state index contributed by atoms with van der Waals surface area (Å²) < 4.78 is 22.9. The Morgan fingerprint density at radius 3 is 0.989 bits per heavy atom. The number of hydrogen-bond donors (Lipinski definition) is 1. The van der Waals surface area contributed by atoms with Crippen molar-refractivity contribution in [3.05, 3.63) is 122 Å². The molecule has 0 bridgehead atoms. The summed E-state index contributed by atoms with van der Waals surface area (Å²) in [5, 5.41) is 9.74. The summed E-state index contributed by atoms with van der Waals surface area (Å²) >= 11 is 0. The molecule has 0 saturated carbocycles. The van der Waals surface area contributed by atoms with E-state index in [1.807, 2.05) is 21.1 Å². The Labute approximate surface area is 548 Å². The van der Waals surface area contributed by atoms with Crippen LogP contribution in [0.2, 0.25) is 0 Å². The lowest BCUT2D eigenvalue weighted by Gasteiger charge is -2.25. The van der Waals surface area contributed by atoms with Gasteiger partial charge in [-0.1, -0.05) is 315 Å². The smallest absolute Gasteiger partial charge is 0.361 e. The number of unbranched alkanes of at least 4 members (excludes halogenated alkanes) is 32. The molecule has 0 spiro atoms. The lowest BCUT2D eigenvalue weighted by molar-refractivity contribution is -0.870. The van der Waals surface area contributed by atoms with Crippen molar-refractivity contribution in [2.75, 3.05) is 47.5 Å². The van der Waals surface area contributed by atoms with Crippen molar-refractivity contribution < 1.29 is 42.9 Å². The molecule has 9 nitrogen and oxygen atoms in total. The largest absolute Gasteiger partial charge is 0.477 e. The molecule has 0 aliphatic rings. The van der Waals surface area contributed by atoms with E-state index in [2.05, 4.69) is 135 Å². The van der Waals surface area contributed by atoms with Gasteiger partial charge in [-0.25, -0.2) is 4.79 Å². The fourth-order valence-corrected chi connectivity index (χ4v) is 10.1. The quantitative estimate of drug-likeness (QED) is 0.0211. The number of allylic oxidation sites excluding steroid dienone is 20. The van der Waals surface area contributed by atoms with Gasteiger partial charge >= 0.3 is 17.9 Å². The first-order chi connectivity index (χ1) is 43.6. The predicted molar refractivity (Wildman–Crippen MR) is 382 cm³/mol. The van der Waals surface area contributed by atoms with Crippen molar-refractivity contribution >= 4 is 17.9 Å². The minimum atomic E-state index is -1.53. The summed E-state index contributed by atoms with van der Waals surface area (Å²) in [5.74, 6) is -2.08. The molecule has 2 atom stereocenters. The first-order valence-electron chi connectivity index (χ1n) is 36.7. The van der Waals surface area contributed by atoms with Crippen molar-refractivity contribution in [1.29, 1.82) is 0 Å². The molecular formula is C80H138NO8+.